The van der Waals surface area contributed by atoms with Crippen molar-refractivity contribution >= 4 is 10.2 Å². The number of hydrogen-bond donors (Lipinski definition) is 2. The monoisotopic (exact) mass is 181 g/mol. The first-order valence-corrected chi connectivity index (χ1v) is 4.76. The molecule has 68 valence electrons. The second-order valence-electron chi connectivity index (χ2n) is 2.31. The van der Waals surface area contributed by atoms with Gasteiger partial charge in [0.25, 0.3) is 10.2 Å². The molecule has 1 atom stereocenters. The van der Waals surface area contributed by atoms with Gasteiger partial charge in [-0.2, -0.15) is 12.7 Å². The first-order valence-electron chi connectivity index (χ1n) is 3.32. The standard InChI is InChI=1S/C5H15N3O2S/c1-5(4-6)8(3)11(9,10)7-2/h5,7H,4,6H2,1-3H3. The van der Waals surface area contributed by atoms with Crippen molar-refractivity contribution in [1.82, 2.24) is 9.03 Å². The minimum Gasteiger partial charge on any atom is -0.329 e. The predicted molar refractivity (Wildman–Crippen MR) is 44.3 cm³/mol. The highest BCUT2D eigenvalue weighted by Crippen LogP contribution is 1.98. The minimum atomic E-state index is -3.31. The molecule has 0 saturated carbocycles. The molecule has 3 N–H and O–H groups in total. The quantitative estimate of drug-likeness (QED) is 0.568. The summed E-state index contributed by atoms with van der Waals surface area (Å²) in [5, 5.41) is 0. The Morgan fingerprint density at radius 1 is 1.64 bits per heavy atom. The fraction of sp³-hybridized carbons (Fsp3) is 1.00. The van der Waals surface area contributed by atoms with E-state index < -0.39 is 10.2 Å². The SMILES string of the molecule is CNS(=O)(=O)N(C)C(C)CN. The molecule has 0 amide bonds. The molecule has 6 heteroatoms. The predicted octanol–water partition coefficient (Wildman–Crippen LogP) is -1.27. The Labute approximate surface area is 67.7 Å². The van der Waals surface area contributed by atoms with Gasteiger partial charge < -0.3 is 5.73 Å². The van der Waals surface area contributed by atoms with Gasteiger partial charge in [0.1, 0.15) is 0 Å². The molecular formula is C5H15N3O2S. The molecule has 0 rings (SSSR count). The van der Waals surface area contributed by atoms with E-state index in [9.17, 15) is 8.42 Å². The van der Waals surface area contributed by atoms with Gasteiger partial charge in [-0.1, -0.05) is 0 Å². The van der Waals surface area contributed by atoms with Crippen LogP contribution in [0.3, 0.4) is 0 Å². The van der Waals surface area contributed by atoms with E-state index in [1.807, 2.05) is 0 Å². The van der Waals surface area contributed by atoms with Crippen LogP contribution in [0.4, 0.5) is 0 Å². The zero-order valence-electron chi connectivity index (χ0n) is 7.03. The lowest BCUT2D eigenvalue weighted by Gasteiger charge is -2.21. The Hall–Kier alpha value is -0.170. The van der Waals surface area contributed by atoms with Crippen LogP contribution in [0, 0.1) is 0 Å². The lowest BCUT2D eigenvalue weighted by atomic mass is 10.4. The van der Waals surface area contributed by atoms with Gasteiger partial charge in [0.2, 0.25) is 0 Å². The van der Waals surface area contributed by atoms with E-state index in [1.54, 1.807) is 6.92 Å². The van der Waals surface area contributed by atoms with Gasteiger partial charge in [0.15, 0.2) is 0 Å². The van der Waals surface area contributed by atoms with Crippen molar-refractivity contribution in [1.29, 1.82) is 0 Å². The van der Waals surface area contributed by atoms with Crippen molar-refractivity contribution in [3.63, 3.8) is 0 Å². The molecule has 0 bridgehead atoms. The maximum atomic E-state index is 11.1. The summed E-state index contributed by atoms with van der Waals surface area (Å²) >= 11 is 0. The van der Waals surface area contributed by atoms with Crippen LogP contribution >= 0.6 is 0 Å². The fourth-order valence-electron chi connectivity index (χ4n) is 0.529. The number of nitrogens with zero attached hydrogens (tertiary/aromatic N) is 1. The van der Waals surface area contributed by atoms with Crippen molar-refractivity contribution in [3.05, 3.63) is 0 Å². The lowest BCUT2D eigenvalue weighted by Crippen LogP contribution is -2.44. The molecule has 0 heterocycles. The second-order valence-corrected chi connectivity index (χ2v) is 4.24. The highest BCUT2D eigenvalue weighted by molar-refractivity contribution is 7.87. The summed E-state index contributed by atoms with van der Waals surface area (Å²) in [5.74, 6) is 0. The van der Waals surface area contributed by atoms with Crippen molar-refractivity contribution < 1.29 is 8.42 Å². The van der Waals surface area contributed by atoms with Gasteiger partial charge in [-0.15, -0.1) is 0 Å². The number of nitrogens with two attached hydrogens (primary N) is 1. The first kappa shape index (κ1) is 10.8. The zero-order valence-corrected chi connectivity index (χ0v) is 7.85. The van der Waals surface area contributed by atoms with Crippen LogP contribution in [0.25, 0.3) is 0 Å². The Balaban J connectivity index is 4.36. The van der Waals surface area contributed by atoms with Crippen molar-refractivity contribution in [2.24, 2.45) is 5.73 Å². The Bertz CT molecular complexity index is 202. The molecule has 0 aliphatic rings. The first-order chi connectivity index (χ1) is 4.95. The van der Waals surface area contributed by atoms with Gasteiger partial charge in [-0.05, 0) is 6.92 Å². The Kier molecular flexibility index (Phi) is 3.95. The van der Waals surface area contributed by atoms with E-state index in [0.717, 1.165) is 0 Å². The molecule has 0 aromatic rings. The van der Waals surface area contributed by atoms with Crippen molar-refractivity contribution in [2.75, 3.05) is 20.6 Å². The minimum absolute atomic E-state index is 0.174. The van der Waals surface area contributed by atoms with E-state index >= 15 is 0 Å². The molecule has 0 aliphatic carbocycles. The van der Waals surface area contributed by atoms with Crippen LogP contribution in [0.1, 0.15) is 6.92 Å². The highest BCUT2D eigenvalue weighted by Gasteiger charge is 2.19. The summed E-state index contributed by atoms with van der Waals surface area (Å²) in [6.45, 7) is 2.06. The largest absolute Gasteiger partial charge is 0.329 e. The van der Waals surface area contributed by atoms with Crippen molar-refractivity contribution in [3.8, 4) is 0 Å². The van der Waals surface area contributed by atoms with Crippen LogP contribution < -0.4 is 10.5 Å². The third-order valence-electron chi connectivity index (χ3n) is 1.60. The van der Waals surface area contributed by atoms with Crippen LogP contribution in [0.5, 0.6) is 0 Å². The molecular weight excluding hydrogens is 166 g/mol. The average molecular weight is 181 g/mol. The lowest BCUT2D eigenvalue weighted by molar-refractivity contribution is 0.390. The molecule has 0 saturated heterocycles. The van der Waals surface area contributed by atoms with E-state index in [-0.39, 0.29) is 6.04 Å². The number of likely N-dealkylation sites (N-methyl/N-ethyl adjacent to an activating group) is 1. The van der Waals surface area contributed by atoms with Crippen molar-refractivity contribution in [2.45, 2.75) is 13.0 Å². The van der Waals surface area contributed by atoms with Gasteiger partial charge in [0, 0.05) is 26.7 Å². The zero-order chi connectivity index (χ0) is 9.07. The number of hydrogen-bond acceptors (Lipinski definition) is 3. The molecule has 5 nitrogen and oxygen atoms in total. The highest BCUT2D eigenvalue weighted by atomic mass is 32.2. The summed E-state index contributed by atoms with van der Waals surface area (Å²) in [5.41, 5.74) is 5.29. The normalized spacial score (nSPS) is 15.4. The van der Waals surface area contributed by atoms with E-state index in [1.165, 1.54) is 18.4 Å². The summed E-state index contributed by atoms with van der Waals surface area (Å²) in [6, 6.07) is -0.174. The van der Waals surface area contributed by atoms with E-state index in [4.69, 9.17) is 5.73 Å². The Morgan fingerprint density at radius 2 is 2.09 bits per heavy atom. The molecule has 0 fully saturated rings. The molecule has 0 radical (unpaired) electrons. The second kappa shape index (κ2) is 4.01. The molecule has 0 aromatic heterocycles. The van der Waals surface area contributed by atoms with Gasteiger partial charge in [-0.3, -0.25) is 0 Å². The van der Waals surface area contributed by atoms with E-state index in [2.05, 4.69) is 4.72 Å². The van der Waals surface area contributed by atoms with Crippen LogP contribution in [0.2, 0.25) is 0 Å². The average Bonchev–Trinajstić information content (AvgIpc) is 2.01. The van der Waals surface area contributed by atoms with Gasteiger partial charge >= 0.3 is 0 Å². The molecule has 0 aliphatic heterocycles. The summed E-state index contributed by atoms with van der Waals surface area (Å²) in [6.07, 6.45) is 0. The number of nitrogens with one attached hydrogen (secondary N) is 1. The third-order valence-corrected chi connectivity index (χ3v) is 3.23. The van der Waals surface area contributed by atoms with Crippen LogP contribution in [0.15, 0.2) is 0 Å². The Morgan fingerprint density at radius 3 is 2.36 bits per heavy atom. The summed E-state index contributed by atoms with van der Waals surface area (Å²) < 4.78 is 25.5. The molecule has 0 spiro atoms. The fourth-order valence-corrected chi connectivity index (χ4v) is 1.38. The molecule has 11 heavy (non-hydrogen) atoms. The van der Waals surface area contributed by atoms with Gasteiger partial charge in [0.05, 0.1) is 0 Å². The van der Waals surface area contributed by atoms with E-state index in [0.29, 0.717) is 6.54 Å². The third kappa shape index (κ3) is 2.74. The summed E-state index contributed by atoms with van der Waals surface area (Å²) in [7, 11) is -0.447. The smallest absolute Gasteiger partial charge is 0.279 e. The summed E-state index contributed by atoms with van der Waals surface area (Å²) in [4.78, 5) is 0. The molecule has 0 aromatic carbocycles. The topological polar surface area (TPSA) is 75.4 Å². The molecule has 1 unspecified atom stereocenters. The number of rotatable bonds is 4. The van der Waals surface area contributed by atoms with Crippen LogP contribution in [-0.2, 0) is 10.2 Å². The van der Waals surface area contributed by atoms with Gasteiger partial charge in [-0.25, -0.2) is 4.72 Å². The maximum Gasteiger partial charge on any atom is 0.279 e. The van der Waals surface area contributed by atoms with Crippen LogP contribution in [-0.4, -0.2) is 39.4 Å². The maximum absolute atomic E-state index is 11.1.